The first kappa shape index (κ1) is 16.1. The van der Waals surface area contributed by atoms with Crippen LogP contribution in [0, 0.1) is 12.8 Å². The number of nitrogens with one attached hydrogen (secondary N) is 2. The van der Waals surface area contributed by atoms with Crippen molar-refractivity contribution >= 4 is 11.6 Å². The Bertz CT molecular complexity index is 450. The monoisotopic (exact) mass is 290 g/mol. The molecule has 1 aliphatic rings. The molecule has 0 atom stereocenters. The van der Waals surface area contributed by atoms with E-state index < -0.39 is 0 Å². The van der Waals surface area contributed by atoms with Crippen LogP contribution in [0.3, 0.4) is 0 Å². The molecule has 0 amide bonds. The predicted octanol–water partition coefficient (Wildman–Crippen LogP) is 4.16. The summed E-state index contributed by atoms with van der Waals surface area (Å²) in [6, 6.07) is 0.568. The molecule has 0 bridgehead atoms. The molecule has 118 valence electrons. The Kier molecular flexibility index (Phi) is 5.83. The lowest BCUT2D eigenvalue weighted by molar-refractivity contribution is 0.360. The van der Waals surface area contributed by atoms with E-state index in [9.17, 15) is 0 Å². The molecule has 0 radical (unpaired) electrons. The largest absolute Gasteiger partial charge is 0.370 e. The van der Waals surface area contributed by atoms with Gasteiger partial charge in [-0.15, -0.1) is 0 Å². The van der Waals surface area contributed by atoms with Gasteiger partial charge in [0.15, 0.2) is 0 Å². The fourth-order valence-corrected chi connectivity index (χ4v) is 2.87. The normalized spacial score (nSPS) is 22.1. The zero-order valence-corrected chi connectivity index (χ0v) is 14.0. The number of aryl methyl sites for hydroxylation is 1. The van der Waals surface area contributed by atoms with Crippen LogP contribution in [0.15, 0.2) is 0 Å². The molecule has 2 N–H and O–H groups in total. The highest BCUT2D eigenvalue weighted by atomic mass is 15.1. The standard InChI is InChI=1S/C17H30N4/c1-5-11-18-16-13(4)17(21-15(6-2)20-16)19-14-9-7-12(3)8-10-14/h12,14H,5-11H2,1-4H3,(H2,18,19,20,21). The highest BCUT2D eigenvalue weighted by Crippen LogP contribution is 2.28. The van der Waals surface area contributed by atoms with Crippen molar-refractivity contribution in [2.75, 3.05) is 17.2 Å². The molecular formula is C17H30N4. The average molecular weight is 290 g/mol. The van der Waals surface area contributed by atoms with Gasteiger partial charge >= 0.3 is 0 Å². The van der Waals surface area contributed by atoms with Crippen LogP contribution in [0.25, 0.3) is 0 Å². The highest BCUT2D eigenvalue weighted by Gasteiger charge is 2.20. The molecule has 1 saturated carbocycles. The number of hydrogen-bond acceptors (Lipinski definition) is 4. The van der Waals surface area contributed by atoms with Gasteiger partial charge in [-0.1, -0.05) is 20.8 Å². The Labute approximate surface area is 129 Å². The van der Waals surface area contributed by atoms with E-state index in [1.165, 1.54) is 25.7 Å². The maximum atomic E-state index is 4.71. The summed E-state index contributed by atoms with van der Waals surface area (Å²) >= 11 is 0. The summed E-state index contributed by atoms with van der Waals surface area (Å²) in [7, 11) is 0. The van der Waals surface area contributed by atoms with Crippen LogP contribution in [0.2, 0.25) is 0 Å². The summed E-state index contributed by atoms with van der Waals surface area (Å²) in [5, 5.41) is 7.10. The van der Waals surface area contributed by atoms with Crippen LogP contribution in [0.1, 0.15) is 64.3 Å². The Balaban J connectivity index is 2.13. The molecular weight excluding hydrogens is 260 g/mol. The number of rotatable bonds is 6. The lowest BCUT2D eigenvalue weighted by atomic mass is 9.87. The zero-order valence-electron chi connectivity index (χ0n) is 14.0. The molecule has 0 saturated heterocycles. The van der Waals surface area contributed by atoms with Gasteiger partial charge in [0.2, 0.25) is 0 Å². The molecule has 0 spiro atoms. The molecule has 4 heteroatoms. The zero-order chi connectivity index (χ0) is 15.2. The van der Waals surface area contributed by atoms with E-state index in [0.717, 1.165) is 48.3 Å². The van der Waals surface area contributed by atoms with Gasteiger partial charge < -0.3 is 10.6 Å². The molecule has 21 heavy (non-hydrogen) atoms. The van der Waals surface area contributed by atoms with E-state index >= 15 is 0 Å². The van der Waals surface area contributed by atoms with Gasteiger partial charge in [-0.3, -0.25) is 0 Å². The van der Waals surface area contributed by atoms with Gasteiger partial charge in [0, 0.05) is 24.6 Å². The number of aromatic nitrogens is 2. The molecule has 0 aliphatic heterocycles. The first-order valence-electron chi connectivity index (χ1n) is 8.51. The van der Waals surface area contributed by atoms with Gasteiger partial charge in [-0.05, 0) is 44.9 Å². The average Bonchev–Trinajstić information content (AvgIpc) is 2.50. The fourth-order valence-electron chi connectivity index (χ4n) is 2.87. The molecule has 0 unspecified atom stereocenters. The second-order valence-electron chi connectivity index (χ2n) is 6.34. The fraction of sp³-hybridized carbons (Fsp3) is 0.765. The van der Waals surface area contributed by atoms with E-state index in [2.05, 4.69) is 43.3 Å². The summed E-state index contributed by atoms with van der Waals surface area (Å²) in [4.78, 5) is 9.34. The van der Waals surface area contributed by atoms with Crippen molar-refractivity contribution in [1.82, 2.24) is 9.97 Å². The van der Waals surface area contributed by atoms with Crippen LogP contribution in [-0.2, 0) is 6.42 Å². The number of anilines is 2. The van der Waals surface area contributed by atoms with E-state index in [0.29, 0.717) is 6.04 Å². The predicted molar refractivity (Wildman–Crippen MR) is 90.0 cm³/mol. The first-order valence-corrected chi connectivity index (χ1v) is 8.51. The summed E-state index contributed by atoms with van der Waals surface area (Å²) in [5.41, 5.74) is 1.15. The lowest BCUT2D eigenvalue weighted by Gasteiger charge is -2.28. The van der Waals surface area contributed by atoms with Crippen molar-refractivity contribution in [3.05, 3.63) is 11.4 Å². The van der Waals surface area contributed by atoms with E-state index in [1.807, 2.05) is 0 Å². The quantitative estimate of drug-likeness (QED) is 0.826. The minimum atomic E-state index is 0.568. The van der Waals surface area contributed by atoms with E-state index in [1.54, 1.807) is 0 Å². The second-order valence-corrected chi connectivity index (χ2v) is 6.34. The summed E-state index contributed by atoms with van der Waals surface area (Å²) in [5.74, 6) is 3.82. The van der Waals surface area contributed by atoms with Gasteiger partial charge in [0.1, 0.15) is 17.5 Å². The van der Waals surface area contributed by atoms with Crippen molar-refractivity contribution in [2.24, 2.45) is 5.92 Å². The lowest BCUT2D eigenvalue weighted by Crippen LogP contribution is -2.26. The minimum absolute atomic E-state index is 0.568. The number of nitrogens with zero attached hydrogens (tertiary/aromatic N) is 2. The molecule has 1 aliphatic carbocycles. The summed E-state index contributed by atoms with van der Waals surface area (Å²) in [6.45, 7) is 9.72. The third-order valence-electron chi connectivity index (χ3n) is 4.41. The summed E-state index contributed by atoms with van der Waals surface area (Å²) in [6.07, 6.45) is 7.13. The maximum Gasteiger partial charge on any atom is 0.134 e. The number of hydrogen-bond donors (Lipinski definition) is 2. The molecule has 0 aromatic carbocycles. The Morgan fingerprint density at radius 1 is 1.05 bits per heavy atom. The Morgan fingerprint density at radius 3 is 2.33 bits per heavy atom. The van der Waals surface area contributed by atoms with Crippen molar-refractivity contribution in [1.29, 1.82) is 0 Å². The molecule has 1 heterocycles. The highest BCUT2D eigenvalue weighted by molar-refractivity contribution is 5.57. The maximum absolute atomic E-state index is 4.71. The van der Waals surface area contributed by atoms with Crippen molar-refractivity contribution in [2.45, 2.75) is 72.3 Å². The van der Waals surface area contributed by atoms with Crippen molar-refractivity contribution < 1.29 is 0 Å². The van der Waals surface area contributed by atoms with Gasteiger partial charge in [0.25, 0.3) is 0 Å². The van der Waals surface area contributed by atoms with Crippen molar-refractivity contribution in [3.8, 4) is 0 Å². The van der Waals surface area contributed by atoms with Gasteiger partial charge in [-0.2, -0.15) is 0 Å². The van der Waals surface area contributed by atoms with Gasteiger partial charge in [-0.25, -0.2) is 9.97 Å². The van der Waals surface area contributed by atoms with Crippen LogP contribution in [-0.4, -0.2) is 22.6 Å². The SMILES string of the molecule is CCCNc1nc(CC)nc(NC2CCC(C)CC2)c1C. The van der Waals surface area contributed by atoms with E-state index in [-0.39, 0.29) is 0 Å². The Hall–Kier alpha value is -1.32. The second kappa shape index (κ2) is 7.62. The topological polar surface area (TPSA) is 49.8 Å². The van der Waals surface area contributed by atoms with Crippen LogP contribution in [0.4, 0.5) is 11.6 Å². The van der Waals surface area contributed by atoms with Crippen molar-refractivity contribution in [3.63, 3.8) is 0 Å². The van der Waals surface area contributed by atoms with Crippen LogP contribution < -0.4 is 10.6 Å². The smallest absolute Gasteiger partial charge is 0.134 e. The minimum Gasteiger partial charge on any atom is -0.370 e. The molecule has 1 aromatic rings. The Morgan fingerprint density at radius 2 is 1.71 bits per heavy atom. The molecule has 2 rings (SSSR count). The van der Waals surface area contributed by atoms with Crippen LogP contribution in [0.5, 0.6) is 0 Å². The molecule has 1 aromatic heterocycles. The third-order valence-corrected chi connectivity index (χ3v) is 4.41. The van der Waals surface area contributed by atoms with E-state index in [4.69, 9.17) is 4.98 Å². The molecule has 4 nitrogen and oxygen atoms in total. The van der Waals surface area contributed by atoms with Crippen LogP contribution >= 0.6 is 0 Å². The molecule has 1 fully saturated rings. The summed E-state index contributed by atoms with van der Waals surface area (Å²) < 4.78 is 0. The van der Waals surface area contributed by atoms with Gasteiger partial charge in [0.05, 0.1) is 0 Å². The third kappa shape index (κ3) is 4.32. The first-order chi connectivity index (χ1) is 10.1.